The maximum absolute atomic E-state index is 13.5. The number of aryl methyl sites for hydroxylation is 2. The van der Waals surface area contributed by atoms with Crippen molar-refractivity contribution in [1.82, 2.24) is 10.2 Å². The van der Waals surface area contributed by atoms with Crippen LogP contribution in [0, 0.1) is 33.5 Å². The number of hydrogen-bond donors (Lipinski definition) is 1. The molecule has 0 saturated heterocycles. The molecule has 1 aromatic heterocycles. The van der Waals surface area contributed by atoms with Crippen molar-refractivity contribution in [3.05, 3.63) is 51.5 Å². The summed E-state index contributed by atoms with van der Waals surface area (Å²) in [4.78, 5) is 0. The number of anilines is 1. The summed E-state index contributed by atoms with van der Waals surface area (Å²) in [5.41, 5.74) is 6.34. The van der Waals surface area contributed by atoms with Crippen LogP contribution in [-0.2, 0) is 0 Å². The fourth-order valence-electron chi connectivity index (χ4n) is 3.19. The Bertz CT molecular complexity index is 700. The van der Waals surface area contributed by atoms with Crippen molar-refractivity contribution in [2.75, 3.05) is 5.32 Å². The largest absolute Gasteiger partial charge is 0.362 e. The summed E-state index contributed by atoms with van der Waals surface area (Å²) in [5, 5.41) is 12.2. The third kappa shape index (κ3) is 3.52. The lowest BCUT2D eigenvalue weighted by Crippen LogP contribution is -2.14. The fourth-order valence-corrected chi connectivity index (χ4v) is 3.19. The fraction of sp³-hybridized carbons (Fsp3) is 0.474. The molecule has 1 atom stereocenters. The molecule has 0 radical (unpaired) electrons. The molecule has 1 aromatic carbocycles. The van der Waals surface area contributed by atoms with Crippen molar-refractivity contribution in [2.24, 2.45) is 0 Å². The molecule has 0 aliphatic heterocycles. The monoisotopic (exact) mass is 315 g/mol. The van der Waals surface area contributed by atoms with Crippen molar-refractivity contribution in [1.29, 1.82) is 0 Å². The van der Waals surface area contributed by atoms with Crippen LogP contribution in [0.15, 0.2) is 12.1 Å². The first kappa shape index (κ1) is 17.4. The van der Waals surface area contributed by atoms with Crippen molar-refractivity contribution in [2.45, 2.75) is 60.4 Å². The SMILES string of the molecule is Cc1cc(F)cc(C)c1[C@@H](C)Nc1nnc(C(C)C)c(C)c1C. The van der Waals surface area contributed by atoms with Gasteiger partial charge in [0.15, 0.2) is 5.82 Å². The molecule has 2 rings (SSSR count). The molecule has 23 heavy (non-hydrogen) atoms. The minimum absolute atomic E-state index is 0.0351. The maximum atomic E-state index is 13.5. The third-order valence-corrected chi connectivity index (χ3v) is 4.45. The molecule has 1 N–H and O–H groups in total. The summed E-state index contributed by atoms with van der Waals surface area (Å²) < 4.78 is 13.5. The zero-order chi connectivity index (χ0) is 17.3. The van der Waals surface area contributed by atoms with Gasteiger partial charge in [-0.15, -0.1) is 5.10 Å². The van der Waals surface area contributed by atoms with Gasteiger partial charge in [-0.25, -0.2) is 4.39 Å². The van der Waals surface area contributed by atoms with E-state index in [9.17, 15) is 4.39 Å². The Morgan fingerprint density at radius 1 is 0.913 bits per heavy atom. The number of halogens is 1. The molecule has 0 bridgehead atoms. The molecule has 124 valence electrons. The van der Waals surface area contributed by atoms with Crippen LogP contribution in [0.25, 0.3) is 0 Å². The highest BCUT2D eigenvalue weighted by molar-refractivity contribution is 5.51. The number of nitrogens with zero attached hydrogens (tertiary/aromatic N) is 2. The average Bonchev–Trinajstić information content (AvgIpc) is 2.42. The van der Waals surface area contributed by atoms with E-state index in [4.69, 9.17) is 0 Å². The Morgan fingerprint density at radius 3 is 2.00 bits per heavy atom. The lowest BCUT2D eigenvalue weighted by atomic mass is 9.96. The molecule has 3 nitrogen and oxygen atoms in total. The van der Waals surface area contributed by atoms with Crippen molar-refractivity contribution >= 4 is 5.82 Å². The first-order valence-corrected chi connectivity index (χ1v) is 8.09. The quantitative estimate of drug-likeness (QED) is 0.848. The van der Waals surface area contributed by atoms with Gasteiger partial charge in [0, 0.05) is 0 Å². The summed E-state index contributed by atoms with van der Waals surface area (Å²) in [6.45, 7) is 14.3. The first-order valence-electron chi connectivity index (χ1n) is 8.09. The normalized spacial score (nSPS) is 12.6. The van der Waals surface area contributed by atoms with Crippen LogP contribution >= 0.6 is 0 Å². The lowest BCUT2D eigenvalue weighted by Gasteiger charge is -2.22. The van der Waals surface area contributed by atoms with Crippen LogP contribution < -0.4 is 5.32 Å². The Kier molecular flexibility index (Phi) is 5.03. The van der Waals surface area contributed by atoms with E-state index in [2.05, 4.69) is 50.1 Å². The van der Waals surface area contributed by atoms with E-state index in [0.717, 1.165) is 33.8 Å². The minimum Gasteiger partial charge on any atom is -0.362 e. The van der Waals surface area contributed by atoms with Crippen LogP contribution in [0.3, 0.4) is 0 Å². The van der Waals surface area contributed by atoms with Gasteiger partial charge in [-0.05, 0) is 80.5 Å². The zero-order valence-corrected chi connectivity index (χ0v) is 15.1. The van der Waals surface area contributed by atoms with E-state index in [1.807, 2.05) is 13.8 Å². The smallest absolute Gasteiger partial charge is 0.152 e. The Balaban J connectivity index is 2.35. The minimum atomic E-state index is -0.191. The molecule has 4 heteroatoms. The van der Waals surface area contributed by atoms with Crippen molar-refractivity contribution < 1.29 is 4.39 Å². The number of nitrogens with one attached hydrogen (secondary N) is 1. The van der Waals surface area contributed by atoms with Gasteiger partial charge in [-0.3, -0.25) is 0 Å². The second kappa shape index (κ2) is 6.65. The Morgan fingerprint density at radius 2 is 1.48 bits per heavy atom. The van der Waals surface area contributed by atoms with E-state index in [1.165, 1.54) is 5.56 Å². The predicted octanol–water partition coefficient (Wildman–Crippen LogP) is 5.15. The van der Waals surface area contributed by atoms with Crippen LogP contribution in [0.5, 0.6) is 0 Å². The van der Waals surface area contributed by atoms with Crippen molar-refractivity contribution in [3.8, 4) is 0 Å². The van der Waals surface area contributed by atoms with E-state index in [0.29, 0.717) is 5.92 Å². The van der Waals surface area contributed by atoms with Gasteiger partial charge in [0.2, 0.25) is 0 Å². The van der Waals surface area contributed by atoms with Crippen LogP contribution in [0.2, 0.25) is 0 Å². The van der Waals surface area contributed by atoms with Crippen LogP contribution in [0.1, 0.15) is 66.2 Å². The molecule has 0 fully saturated rings. The maximum Gasteiger partial charge on any atom is 0.152 e. The van der Waals surface area contributed by atoms with E-state index >= 15 is 0 Å². The second-order valence-electron chi connectivity index (χ2n) is 6.66. The van der Waals surface area contributed by atoms with Gasteiger partial charge in [-0.2, -0.15) is 5.10 Å². The van der Waals surface area contributed by atoms with Crippen LogP contribution in [-0.4, -0.2) is 10.2 Å². The molecule has 0 aliphatic rings. The standard InChI is InChI=1S/C19H26FN3/c1-10(2)18-13(5)14(6)19(23-22-18)21-15(7)17-11(3)8-16(20)9-12(17)4/h8-10,15H,1-7H3,(H,21,23)/t15-/m1/s1. The van der Waals surface area contributed by atoms with E-state index in [1.54, 1.807) is 12.1 Å². The molecule has 1 heterocycles. The highest BCUT2D eigenvalue weighted by atomic mass is 19.1. The average molecular weight is 315 g/mol. The lowest BCUT2D eigenvalue weighted by molar-refractivity contribution is 0.623. The van der Waals surface area contributed by atoms with Crippen LogP contribution in [0.4, 0.5) is 10.2 Å². The molecule has 0 amide bonds. The third-order valence-electron chi connectivity index (χ3n) is 4.45. The topological polar surface area (TPSA) is 37.8 Å². The number of benzene rings is 1. The van der Waals surface area contributed by atoms with Gasteiger partial charge in [0.25, 0.3) is 0 Å². The molecule has 2 aromatic rings. The predicted molar refractivity (Wildman–Crippen MR) is 93.5 cm³/mol. The number of hydrogen-bond acceptors (Lipinski definition) is 3. The molecule has 0 aliphatic carbocycles. The highest BCUT2D eigenvalue weighted by Crippen LogP contribution is 2.28. The van der Waals surface area contributed by atoms with Gasteiger partial charge in [0.1, 0.15) is 5.82 Å². The van der Waals surface area contributed by atoms with E-state index in [-0.39, 0.29) is 11.9 Å². The zero-order valence-electron chi connectivity index (χ0n) is 15.1. The summed E-state index contributed by atoms with van der Waals surface area (Å²) in [6.07, 6.45) is 0. The van der Waals surface area contributed by atoms with Gasteiger partial charge in [0.05, 0.1) is 11.7 Å². The van der Waals surface area contributed by atoms with E-state index < -0.39 is 0 Å². The Hall–Kier alpha value is -1.97. The summed E-state index contributed by atoms with van der Waals surface area (Å²) >= 11 is 0. The van der Waals surface area contributed by atoms with Gasteiger partial charge < -0.3 is 5.32 Å². The van der Waals surface area contributed by atoms with Crippen molar-refractivity contribution in [3.63, 3.8) is 0 Å². The molecular formula is C19H26FN3. The first-order chi connectivity index (χ1) is 10.7. The molecular weight excluding hydrogens is 289 g/mol. The summed E-state index contributed by atoms with van der Waals surface area (Å²) in [7, 11) is 0. The summed E-state index contributed by atoms with van der Waals surface area (Å²) in [5.74, 6) is 0.959. The number of rotatable bonds is 4. The van der Waals surface area contributed by atoms with Gasteiger partial charge in [-0.1, -0.05) is 13.8 Å². The Labute approximate surface area is 138 Å². The summed E-state index contributed by atoms with van der Waals surface area (Å²) in [6, 6.07) is 3.19. The number of aromatic nitrogens is 2. The molecule has 0 saturated carbocycles. The molecule has 0 unspecified atom stereocenters. The van der Waals surface area contributed by atoms with Gasteiger partial charge >= 0.3 is 0 Å². The second-order valence-corrected chi connectivity index (χ2v) is 6.66. The molecule has 0 spiro atoms. The highest BCUT2D eigenvalue weighted by Gasteiger charge is 2.17.